The zero-order valence-corrected chi connectivity index (χ0v) is 9.71. The molecule has 1 fully saturated rings. The van der Waals surface area contributed by atoms with Gasteiger partial charge in [-0.25, -0.2) is 0 Å². The van der Waals surface area contributed by atoms with Crippen LogP contribution < -0.4 is 0 Å². The van der Waals surface area contributed by atoms with Crippen molar-refractivity contribution in [2.45, 2.75) is 38.5 Å². The third-order valence-electron chi connectivity index (χ3n) is 2.93. The largest absolute Gasteiger partial charge is 0.144 e. The third kappa shape index (κ3) is 1.77. The Morgan fingerprint density at radius 2 is 2.23 bits per heavy atom. The second kappa shape index (κ2) is 3.29. The Kier molecular flexibility index (Phi) is 2.41. The summed E-state index contributed by atoms with van der Waals surface area (Å²) in [5.74, 6) is 0. The highest BCUT2D eigenvalue weighted by Gasteiger charge is 2.45. The van der Waals surface area contributed by atoms with Gasteiger partial charge in [0, 0.05) is 9.75 Å². The molecule has 72 valence electrons. The maximum absolute atomic E-state index is 6.43. The Balaban J connectivity index is 2.15. The molecule has 0 bridgehead atoms. The molecule has 2 heteroatoms. The molecule has 0 nitrogen and oxygen atoms in total. The molecule has 1 aliphatic carbocycles. The Labute approximate surface area is 88.9 Å². The zero-order valence-electron chi connectivity index (χ0n) is 8.14. The number of rotatable bonds is 3. The van der Waals surface area contributed by atoms with E-state index in [1.54, 1.807) is 0 Å². The second-order valence-corrected chi connectivity index (χ2v) is 5.81. The van der Waals surface area contributed by atoms with Crippen molar-refractivity contribution >= 4 is 22.9 Å². The fraction of sp³-hybridized carbons (Fsp3) is 0.636. The van der Waals surface area contributed by atoms with Crippen LogP contribution in [0.3, 0.4) is 0 Å². The van der Waals surface area contributed by atoms with Crippen LogP contribution in [-0.2, 0) is 6.42 Å². The van der Waals surface area contributed by atoms with Gasteiger partial charge in [-0.1, -0.05) is 13.8 Å². The molecule has 0 radical (unpaired) electrons. The van der Waals surface area contributed by atoms with Crippen LogP contribution in [0.25, 0.3) is 0 Å². The predicted octanol–water partition coefficient (Wildman–Crippen LogP) is 4.39. The van der Waals surface area contributed by atoms with E-state index in [1.165, 1.54) is 22.6 Å². The third-order valence-corrected chi connectivity index (χ3v) is 5.12. The van der Waals surface area contributed by atoms with Gasteiger partial charge in [0.15, 0.2) is 0 Å². The minimum absolute atomic E-state index is 0.248. The summed E-state index contributed by atoms with van der Waals surface area (Å²) in [6.45, 7) is 4.48. The van der Waals surface area contributed by atoms with Crippen molar-refractivity contribution in [2.24, 2.45) is 5.41 Å². The Bertz CT molecular complexity index is 299. The maximum atomic E-state index is 6.43. The molecule has 1 heterocycles. The minimum Gasteiger partial charge on any atom is -0.144 e. The summed E-state index contributed by atoms with van der Waals surface area (Å²) < 4.78 is 0. The van der Waals surface area contributed by atoms with Crippen LogP contribution in [0.4, 0.5) is 0 Å². The van der Waals surface area contributed by atoms with Gasteiger partial charge in [0.1, 0.15) is 0 Å². The molecule has 0 aliphatic heterocycles. The van der Waals surface area contributed by atoms with E-state index < -0.39 is 0 Å². The van der Waals surface area contributed by atoms with Crippen molar-refractivity contribution in [1.82, 2.24) is 0 Å². The molecule has 1 aromatic heterocycles. The topological polar surface area (TPSA) is 0 Å². The number of hydrogen-bond donors (Lipinski definition) is 0. The van der Waals surface area contributed by atoms with Crippen LogP contribution in [-0.4, -0.2) is 0 Å². The molecule has 0 N–H and O–H groups in total. The van der Waals surface area contributed by atoms with Gasteiger partial charge in [-0.3, -0.25) is 0 Å². The van der Waals surface area contributed by atoms with Crippen LogP contribution >= 0.6 is 22.9 Å². The molecule has 1 atom stereocenters. The van der Waals surface area contributed by atoms with Gasteiger partial charge in [-0.15, -0.1) is 22.9 Å². The molecule has 1 aliphatic rings. The van der Waals surface area contributed by atoms with E-state index >= 15 is 0 Å². The minimum atomic E-state index is 0.248. The van der Waals surface area contributed by atoms with Crippen molar-refractivity contribution < 1.29 is 0 Å². The van der Waals surface area contributed by atoms with Gasteiger partial charge in [-0.05, 0) is 36.8 Å². The fourth-order valence-electron chi connectivity index (χ4n) is 1.51. The molecule has 0 aromatic carbocycles. The van der Waals surface area contributed by atoms with Crippen LogP contribution in [0.1, 0.15) is 41.8 Å². The number of halogens is 1. The van der Waals surface area contributed by atoms with E-state index in [0.29, 0.717) is 5.41 Å². The Morgan fingerprint density at radius 3 is 2.69 bits per heavy atom. The first-order chi connectivity index (χ1) is 6.15. The highest BCUT2D eigenvalue weighted by molar-refractivity contribution is 7.12. The van der Waals surface area contributed by atoms with Crippen LogP contribution in [0.15, 0.2) is 12.1 Å². The highest BCUT2D eigenvalue weighted by Crippen LogP contribution is 2.58. The van der Waals surface area contributed by atoms with Gasteiger partial charge in [-0.2, -0.15) is 0 Å². The standard InChI is InChI=1S/C11H15ClS/c1-3-8-4-5-9(13-8)10(12)11(2)6-7-11/h4-5,10H,3,6-7H2,1-2H3. The van der Waals surface area contributed by atoms with E-state index in [1.807, 2.05) is 11.3 Å². The highest BCUT2D eigenvalue weighted by atomic mass is 35.5. The normalized spacial score (nSPS) is 21.5. The first-order valence-electron chi connectivity index (χ1n) is 4.88. The van der Waals surface area contributed by atoms with Crippen molar-refractivity contribution in [3.05, 3.63) is 21.9 Å². The quantitative estimate of drug-likeness (QED) is 0.655. The summed E-state index contributed by atoms with van der Waals surface area (Å²) in [4.78, 5) is 2.81. The first-order valence-corrected chi connectivity index (χ1v) is 6.14. The van der Waals surface area contributed by atoms with Crippen molar-refractivity contribution in [3.63, 3.8) is 0 Å². The van der Waals surface area contributed by atoms with Gasteiger partial charge in [0.05, 0.1) is 5.38 Å². The SMILES string of the molecule is CCc1ccc(C(Cl)C2(C)CC2)s1. The van der Waals surface area contributed by atoms with Crippen molar-refractivity contribution in [1.29, 1.82) is 0 Å². The lowest BCUT2D eigenvalue weighted by atomic mass is 10.0. The number of alkyl halides is 1. The van der Waals surface area contributed by atoms with E-state index in [4.69, 9.17) is 11.6 Å². The molecule has 13 heavy (non-hydrogen) atoms. The average molecular weight is 215 g/mol. The smallest absolute Gasteiger partial charge is 0.0732 e. The summed E-state index contributed by atoms with van der Waals surface area (Å²) in [6.07, 6.45) is 3.71. The molecule has 2 rings (SSSR count). The Hall–Kier alpha value is -0.0100. The summed E-state index contributed by atoms with van der Waals surface area (Å²) in [7, 11) is 0. The van der Waals surface area contributed by atoms with Gasteiger partial charge in [0.2, 0.25) is 0 Å². The molecular weight excluding hydrogens is 200 g/mol. The first kappa shape index (κ1) is 9.54. The molecule has 0 saturated heterocycles. The van der Waals surface area contributed by atoms with Gasteiger partial charge >= 0.3 is 0 Å². The summed E-state index contributed by atoms with van der Waals surface area (Å²) in [5.41, 5.74) is 0.400. The van der Waals surface area contributed by atoms with E-state index in [9.17, 15) is 0 Å². The average Bonchev–Trinajstić information content (AvgIpc) is 2.71. The van der Waals surface area contributed by atoms with E-state index in [2.05, 4.69) is 26.0 Å². The van der Waals surface area contributed by atoms with Gasteiger partial charge in [0.25, 0.3) is 0 Å². The lowest BCUT2D eigenvalue weighted by Gasteiger charge is -2.14. The number of thiophene rings is 1. The Morgan fingerprint density at radius 1 is 1.54 bits per heavy atom. The lowest BCUT2D eigenvalue weighted by Crippen LogP contribution is -2.01. The summed E-state index contributed by atoms with van der Waals surface area (Å²) >= 11 is 8.30. The van der Waals surface area contributed by atoms with Crippen LogP contribution in [0.5, 0.6) is 0 Å². The molecule has 0 amide bonds. The van der Waals surface area contributed by atoms with Crippen molar-refractivity contribution in [2.75, 3.05) is 0 Å². The molecule has 1 saturated carbocycles. The molecule has 1 aromatic rings. The second-order valence-electron chi connectivity index (χ2n) is 4.17. The molecular formula is C11H15ClS. The zero-order chi connectivity index (χ0) is 9.47. The maximum Gasteiger partial charge on any atom is 0.0732 e. The fourth-order valence-corrected chi connectivity index (χ4v) is 3.05. The van der Waals surface area contributed by atoms with Crippen molar-refractivity contribution in [3.8, 4) is 0 Å². The summed E-state index contributed by atoms with van der Waals surface area (Å²) in [5, 5.41) is 0.248. The van der Waals surface area contributed by atoms with Crippen LogP contribution in [0, 0.1) is 5.41 Å². The van der Waals surface area contributed by atoms with Crippen LogP contribution in [0.2, 0.25) is 0 Å². The molecule has 1 unspecified atom stereocenters. The van der Waals surface area contributed by atoms with E-state index in [-0.39, 0.29) is 5.38 Å². The molecule has 0 spiro atoms. The predicted molar refractivity (Wildman–Crippen MR) is 59.6 cm³/mol. The van der Waals surface area contributed by atoms with E-state index in [0.717, 1.165) is 6.42 Å². The monoisotopic (exact) mass is 214 g/mol. The number of hydrogen-bond acceptors (Lipinski definition) is 1. The summed E-state index contributed by atoms with van der Waals surface area (Å²) in [6, 6.07) is 4.41. The van der Waals surface area contributed by atoms with Gasteiger partial charge < -0.3 is 0 Å². The number of aryl methyl sites for hydroxylation is 1. The lowest BCUT2D eigenvalue weighted by molar-refractivity contribution is 0.555.